The molecule has 0 bridgehead atoms. The van der Waals surface area contributed by atoms with E-state index < -0.39 is 0 Å². The molecule has 0 aliphatic heterocycles. The van der Waals surface area contributed by atoms with Gasteiger partial charge < -0.3 is 9.84 Å². The third-order valence-electron chi connectivity index (χ3n) is 4.77. The number of hydrogen-bond donors (Lipinski definition) is 1. The SMILES string of the molecule is O=C(NCCn1nc2c(cc1=O)CCCC2)c1cc(-c2ccccc2Br)on1. The van der Waals surface area contributed by atoms with Crippen molar-refractivity contribution in [1.82, 2.24) is 20.3 Å². The first-order valence-electron chi connectivity index (χ1n) is 9.21. The number of benzene rings is 1. The summed E-state index contributed by atoms with van der Waals surface area (Å²) < 4.78 is 7.56. The molecule has 1 aromatic carbocycles. The Labute approximate surface area is 169 Å². The van der Waals surface area contributed by atoms with Crippen molar-refractivity contribution in [1.29, 1.82) is 0 Å². The maximum atomic E-state index is 12.3. The van der Waals surface area contributed by atoms with E-state index >= 15 is 0 Å². The van der Waals surface area contributed by atoms with Gasteiger partial charge >= 0.3 is 0 Å². The van der Waals surface area contributed by atoms with Crippen molar-refractivity contribution < 1.29 is 9.32 Å². The molecule has 0 radical (unpaired) electrons. The van der Waals surface area contributed by atoms with Gasteiger partial charge in [-0.1, -0.05) is 33.2 Å². The van der Waals surface area contributed by atoms with Crippen molar-refractivity contribution in [2.45, 2.75) is 32.2 Å². The average molecular weight is 443 g/mol. The predicted octanol–water partition coefficient (Wildman–Crippen LogP) is 2.97. The minimum atomic E-state index is -0.354. The van der Waals surface area contributed by atoms with Crippen LogP contribution in [0.25, 0.3) is 11.3 Å². The van der Waals surface area contributed by atoms with Crippen LogP contribution in [0, 0.1) is 0 Å². The number of carbonyl (C=O) groups is 1. The minimum Gasteiger partial charge on any atom is -0.355 e. The van der Waals surface area contributed by atoms with Gasteiger partial charge in [0.1, 0.15) is 0 Å². The number of aryl methyl sites for hydroxylation is 2. The van der Waals surface area contributed by atoms with Gasteiger partial charge in [-0.15, -0.1) is 0 Å². The molecule has 2 heterocycles. The van der Waals surface area contributed by atoms with Crippen molar-refractivity contribution in [2.24, 2.45) is 0 Å². The van der Waals surface area contributed by atoms with E-state index in [1.165, 1.54) is 4.68 Å². The fraction of sp³-hybridized carbons (Fsp3) is 0.300. The largest absolute Gasteiger partial charge is 0.355 e. The number of amides is 1. The molecule has 0 unspecified atom stereocenters. The first-order chi connectivity index (χ1) is 13.6. The van der Waals surface area contributed by atoms with Crippen LogP contribution in [0.15, 0.2) is 50.2 Å². The van der Waals surface area contributed by atoms with E-state index in [1.807, 2.05) is 24.3 Å². The summed E-state index contributed by atoms with van der Waals surface area (Å²) in [4.78, 5) is 24.5. The maximum Gasteiger partial charge on any atom is 0.273 e. The zero-order valence-electron chi connectivity index (χ0n) is 15.2. The Hall–Kier alpha value is -2.74. The summed E-state index contributed by atoms with van der Waals surface area (Å²) in [6.45, 7) is 0.592. The Morgan fingerprint density at radius 3 is 2.89 bits per heavy atom. The lowest BCUT2D eigenvalue weighted by molar-refractivity contribution is 0.0942. The number of nitrogens with zero attached hydrogens (tertiary/aromatic N) is 3. The highest BCUT2D eigenvalue weighted by Gasteiger charge is 2.16. The molecule has 144 valence electrons. The molecular formula is C20H19BrN4O3. The fourth-order valence-corrected chi connectivity index (χ4v) is 3.78. The molecule has 1 aliphatic rings. The maximum absolute atomic E-state index is 12.3. The lowest BCUT2D eigenvalue weighted by Crippen LogP contribution is -2.33. The molecule has 4 rings (SSSR count). The summed E-state index contributed by atoms with van der Waals surface area (Å²) >= 11 is 3.45. The third-order valence-corrected chi connectivity index (χ3v) is 5.46. The topological polar surface area (TPSA) is 90.0 Å². The molecular weight excluding hydrogens is 424 g/mol. The van der Waals surface area contributed by atoms with E-state index in [9.17, 15) is 9.59 Å². The quantitative estimate of drug-likeness (QED) is 0.655. The Morgan fingerprint density at radius 2 is 2.04 bits per heavy atom. The van der Waals surface area contributed by atoms with Crippen molar-refractivity contribution in [3.05, 3.63) is 68.2 Å². The number of halogens is 1. The van der Waals surface area contributed by atoms with Crippen LogP contribution in [0.2, 0.25) is 0 Å². The van der Waals surface area contributed by atoms with Gasteiger partial charge in [-0.3, -0.25) is 9.59 Å². The van der Waals surface area contributed by atoms with Gasteiger partial charge in [-0.25, -0.2) is 4.68 Å². The van der Waals surface area contributed by atoms with E-state index in [0.717, 1.165) is 47.0 Å². The molecule has 7 nitrogen and oxygen atoms in total. The summed E-state index contributed by atoms with van der Waals surface area (Å²) in [6.07, 6.45) is 4.02. The van der Waals surface area contributed by atoms with Gasteiger partial charge in [0.25, 0.3) is 11.5 Å². The summed E-state index contributed by atoms with van der Waals surface area (Å²) in [5, 5.41) is 11.1. The zero-order valence-corrected chi connectivity index (χ0v) is 16.7. The van der Waals surface area contributed by atoms with Crippen molar-refractivity contribution in [2.75, 3.05) is 6.54 Å². The smallest absolute Gasteiger partial charge is 0.273 e. The standard InChI is InChI=1S/C20H19BrN4O3/c21-15-7-3-2-6-14(15)18-12-17(24-28-18)20(27)22-9-10-25-19(26)11-13-5-1-4-8-16(13)23-25/h2-3,6-7,11-12H,1,4-5,8-10H2,(H,22,27). The molecule has 1 N–H and O–H groups in total. The van der Waals surface area contributed by atoms with E-state index in [0.29, 0.717) is 12.3 Å². The van der Waals surface area contributed by atoms with Gasteiger partial charge in [0.15, 0.2) is 11.5 Å². The number of carbonyl (C=O) groups excluding carboxylic acids is 1. The van der Waals surface area contributed by atoms with Crippen LogP contribution in [0.4, 0.5) is 0 Å². The number of aromatic nitrogens is 3. The van der Waals surface area contributed by atoms with Crippen LogP contribution in [0.1, 0.15) is 34.6 Å². The second kappa shape index (κ2) is 8.10. The van der Waals surface area contributed by atoms with Crippen molar-refractivity contribution in [3.8, 4) is 11.3 Å². The van der Waals surface area contributed by atoms with Gasteiger partial charge in [0, 0.05) is 28.7 Å². The lowest BCUT2D eigenvalue weighted by atomic mass is 9.97. The van der Waals surface area contributed by atoms with E-state index in [-0.39, 0.29) is 23.7 Å². The van der Waals surface area contributed by atoms with Gasteiger partial charge in [-0.05, 0) is 43.4 Å². The Morgan fingerprint density at radius 1 is 1.21 bits per heavy atom. The Kier molecular flexibility index (Phi) is 5.38. The zero-order chi connectivity index (χ0) is 19.5. The molecule has 0 spiro atoms. The second-order valence-corrected chi connectivity index (χ2v) is 7.55. The lowest BCUT2D eigenvalue weighted by Gasteiger charge is -2.15. The average Bonchev–Trinajstić information content (AvgIpc) is 3.18. The molecule has 8 heteroatoms. The summed E-state index contributed by atoms with van der Waals surface area (Å²) in [5.74, 6) is 0.151. The highest BCUT2D eigenvalue weighted by atomic mass is 79.9. The number of fused-ring (bicyclic) bond motifs is 1. The molecule has 2 aromatic heterocycles. The first kappa shape index (κ1) is 18.6. The first-order valence-corrected chi connectivity index (χ1v) is 10.0. The summed E-state index contributed by atoms with van der Waals surface area (Å²) in [5.41, 5.74) is 2.92. The van der Waals surface area contributed by atoms with Crippen LogP contribution in [0.5, 0.6) is 0 Å². The molecule has 1 amide bonds. The van der Waals surface area contributed by atoms with E-state index in [2.05, 4.69) is 31.5 Å². The predicted molar refractivity (Wildman–Crippen MR) is 107 cm³/mol. The molecule has 0 saturated heterocycles. The highest BCUT2D eigenvalue weighted by Crippen LogP contribution is 2.28. The summed E-state index contributed by atoms with van der Waals surface area (Å²) in [7, 11) is 0. The van der Waals surface area contributed by atoms with Crippen LogP contribution >= 0.6 is 15.9 Å². The van der Waals surface area contributed by atoms with Crippen LogP contribution in [0.3, 0.4) is 0 Å². The Balaban J connectivity index is 1.39. The van der Waals surface area contributed by atoms with Crippen LogP contribution in [-0.4, -0.2) is 27.4 Å². The van der Waals surface area contributed by atoms with E-state index in [1.54, 1.807) is 12.1 Å². The monoisotopic (exact) mass is 442 g/mol. The number of rotatable bonds is 5. The second-order valence-electron chi connectivity index (χ2n) is 6.70. The molecule has 1 aliphatic carbocycles. The molecule has 28 heavy (non-hydrogen) atoms. The van der Waals surface area contributed by atoms with Crippen LogP contribution in [-0.2, 0) is 19.4 Å². The van der Waals surface area contributed by atoms with Gasteiger partial charge in [0.2, 0.25) is 0 Å². The van der Waals surface area contributed by atoms with Crippen molar-refractivity contribution >= 4 is 21.8 Å². The third kappa shape index (κ3) is 3.91. The fourth-order valence-electron chi connectivity index (χ4n) is 3.30. The molecule has 0 fully saturated rings. The highest BCUT2D eigenvalue weighted by molar-refractivity contribution is 9.10. The molecule has 0 atom stereocenters. The number of hydrogen-bond acceptors (Lipinski definition) is 5. The normalized spacial score (nSPS) is 13.2. The minimum absolute atomic E-state index is 0.132. The van der Waals surface area contributed by atoms with Crippen molar-refractivity contribution in [3.63, 3.8) is 0 Å². The summed E-state index contributed by atoms with van der Waals surface area (Å²) in [6, 6.07) is 10.8. The Bertz CT molecular complexity index is 1070. The van der Waals surface area contributed by atoms with Gasteiger partial charge in [-0.2, -0.15) is 5.10 Å². The van der Waals surface area contributed by atoms with E-state index in [4.69, 9.17) is 4.52 Å². The number of nitrogens with one attached hydrogen (secondary N) is 1. The molecule has 0 saturated carbocycles. The van der Waals surface area contributed by atoms with Gasteiger partial charge in [0.05, 0.1) is 12.2 Å². The molecule has 3 aromatic rings. The van der Waals surface area contributed by atoms with Crippen LogP contribution < -0.4 is 10.9 Å².